The fourth-order valence-corrected chi connectivity index (χ4v) is 5.67. The summed E-state index contributed by atoms with van der Waals surface area (Å²) in [6, 6.07) is 7.34. The Balaban J connectivity index is 1.73. The number of nitrogens with zero attached hydrogens (tertiary/aromatic N) is 2. The minimum atomic E-state index is -3.44. The van der Waals surface area contributed by atoms with Crippen molar-refractivity contribution in [2.45, 2.75) is 49.6 Å². The van der Waals surface area contributed by atoms with Crippen LogP contribution in [-0.2, 0) is 14.8 Å². The van der Waals surface area contributed by atoms with Crippen molar-refractivity contribution in [2.75, 3.05) is 33.8 Å². The molecule has 0 N–H and O–H groups in total. The highest BCUT2D eigenvalue weighted by Crippen LogP contribution is 2.42. The van der Waals surface area contributed by atoms with Crippen LogP contribution in [0.5, 0.6) is 0 Å². The summed E-state index contributed by atoms with van der Waals surface area (Å²) in [6.45, 7) is 6.32. The van der Waals surface area contributed by atoms with Crippen molar-refractivity contribution < 1.29 is 13.2 Å². The van der Waals surface area contributed by atoms with Crippen LogP contribution in [0, 0.1) is 5.92 Å². The molecule has 2 fully saturated rings. The molecule has 3 unspecified atom stereocenters. The monoisotopic (exact) mass is 366 g/mol. The zero-order valence-corrected chi connectivity index (χ0v) is 16.5. The van der Waals surface area contributed by atoms with Crippen molar-refractivity contribution in [2.24, 2.45) is 5.92 Å². The largest absolute Gasteiger partial charge is 0.375 e. The quantitative estimate of drug-likeness (QED) is 0.744. The third-order valence-electron chi connectivity index (χ3n) is 5.46. The van der Waals surface area contributed by atoms with Gasteiger partial charge in [0.1, 0.15) is 0 Å². The van der Waals surface area contributed by atoms with Crippen molar-refractivity contribution in [1.29, 1.82) is 0 Å². The molecule has 140 valence electrons. The van der Waals surface area contributed by atoms with Gasteiger partial charge in [0.05, 0.1) is 23.6 Å². The van der Waals surface area contributed by atoms with E-state index in [9.17, 15) is 8.42 Å². The maximum Gasteiger partial charge on any atom is 0.243 e. The normalized spacial score (nSPS) is 26.9. The van der Waals surface area contributed by atoms with Gasteiger partial charge in [-0.05, 0) is 50.6 Å². The van der Waals surface area contributed by atoms with Gasteiger partial charge in [-0.25, -0.2) is 8.42 Å². The molecule has 5 nitrogen and oxygen atoms in total. The van der Waals surface area contributed by atoms with Crippen LogP contribution in [0.15, 0.2) is 29.2 Å². The molecule has 1 saturated carbocycles. The first-order valence-corrected chi connectivity index (χ1v) is 10.6. The molecule has 2 aliphatic rings. The Kier molecular flexibility index (Phi) is 5.54. The highest BCUT2D eigenvalue weighted by atomic mass is 32.2. The third kappa shape index (κ3) is 3.77. The van der Waals surface area contributed by atoms with Gasteiger partial charge in [0.25, 0.3) is 0 Å². The highest BCUT2D eigenvalue weighted by molar-refractivity contribution is 7.89. The number of benzene rings is 1. The molecule has 0 radical (unpaired) electrons. The molecule has 1 heterocycles. The van der Waals surface area contributed by atoms with Crippen molar-refractivity contribution >= 4 is 10.0 Å². The predicted octanol–water partition coefficient (Wildman–Crippen LogP) is 2.54. The van der Waals surface area contributed by atoms with E-state index in [1.54, 1.807) is 16.4 Å². The first-order valence-electron chi connectivity index (χ1n) is 9.19. The van der Waals surface area contributed by atoms with E-state index in [1.165, 1.54) is 0 Å². The van der Waals surface area contributed by atoms with Crippen LogP contribution in [0.1, 0.15) is 38.2 Å². The predicted molar refractivity (Wildman–Crippen MR) is 99.2 cm³/mol. The van der Waals surface area contributed by atoms with Gasteiger partial charge in [-0.15, -0.1) is 0 Å². The molecule has 1 aromatic rings. The summed E-state index contributed by atoms with van der Waals surface area (Å²) >= 11 is 0. The van der Waals surface area contributed by atoms with Gasteiger partial charge in [-0.2, -0.15) is 4.31 Å². The van der Waals surface area contributed by atoms with E-state index in [0.717, 1.165) is 24.9 Å². The van der Waals surface area contributed by atoms with Gasteiger partial charge in [-0.1, -0.05) is 26.0 Å². The second kappa shape index (κ2) is 7.35. The fraction of sp³-hybridized carbons (Fsp3) is 0.684. The Bertz CT molecular complexity index is 685. The lowest BCUT2D eigenvalue weighted by atomic mass is 10.0. The van der Waals surface area contributed by atoms with Crippen molar-refractivity contribution in [3.8, 4) is 0 Å². The van der Waals surface area contributed by atoms with Crippen LogP contribution < -0.4 is 0 Å². The Labute approximate surface area is 152 Å². The summed E-state index contributed by atoms with van der Waals surface area (Å²) in [5.74, 6) is 0.728. The molecule has 6 heteroatoms. The Morgan fingerprint density at radius 2 is 1.88 bits per heavy atom. The van der Waals surface area contributed by atoms with Gasteiger partial charge in [0, 0.05) is 19.0 Å². The summed E-state index contributed by atoms with van der Waals surface area (Å²) in [6.07, 6.45) is 2.01. The molecular weight excluding hydrogens is 336 g/mol. The van der Waals surface area contributed by atoms with E-state index in [0.29, 0.717) is 29.9 Å². The molecule has 1 aliphatic heterocycles. The molecule has 3 rings (SSSR count). The number of hydrogen-bond donors (Lipinski definition) is 0. The van der Waals surface area contributed by atoms with Crippen LogP contribution in [0.25, 0.3) is 0 Å². The molecule has 0 amide bonds. The summed E-state index contributed by atoms with van der Waals surface area (Å²) < 4.78 is 33.9. The first-order chi connectivity index (χ1) is 11.8. The van der Waals surface area contributed by atoms with Gasteiger partial charge in [0.15, 0.2) is 0 Å². The summed E-state index contributed by atoms with van der Waals surface area (Å²) in [5.41, 5.74) is 1.16. The number of ether oxygens (including phenoxy) is 1. The molecular formula is C19H30N2O3S. The van der Waals surface area contributed by atoms with Gasteiger partial charge in [0.2, 0.25) is 10.0 Å². The Morgan fingerprint density at radius 1 is 1.20 bits per heavy atom. The molecule has 1 aliphatic carbocycles. The molecule has 0 aromatic heterocycles. The first kappa shape index (κ1) is 18.8. The lowest BCUT2D eigenvalue weighted by molar-refractivity contribution is 0.0262. The number of sulfonamides is 1. The average molecular weight is 367 g/mol. The van der Waals surface area contributed by atoms with E-state index in [1.807, 2.05) is 26.2 Å². The lowest BCUT2D eigenvalue weighted by Gasteiger charge is -2.26. The van der Waals surface area contributed by atoms with Gasteiger partial charge >= 0.3 is 0 Å². The molecule has 1 saturated heterocycles. The highest BCUT2D eigenvalue weighted by Gasteiger charge is 2.52. The second-order valence-electron chi connectivity index (χ2n) is 7.84. The van der Waals surface area contributed by atoms with Crippen LogP contribution in [0.4, 0.5) is 0 Å². The van der Waals surface area contributed by atoms with Crippen molar-refractivity contribution in [1.82, 2.24) is 9.21 Å². The lowest BCUT2D eigenvalue weighted by Crippen LogP contribution is -2.40. The van der Waals surface area contributed by atoms with Crippen molar-refractivity contribution in [3.63, 3.8) is 0 Å². The van der Waals surface area contributed by atoms with E-state index >= 15 is 0 Å². The molecule has 25 heavy (non-hydrogen) atoms. The number of rotatable bonds is 7. The number of piperidine rings is 1. The maximum absolute atomic E-state index is 13.1. The average Bonchev–Trinajstić information content (AvgIpc) is 3.12. The number of hydrogen-bond acceptors (Lipinski definition) is 4. The van der Waals surface area contributed by atoms with E-state index in [2.05, 4.69) is 18.7 Å². The standard InChI is InChI=1S/C19H30N2O3S/c1-14(2)15-5-8-17(9-6-15)25(22,23)21-13-16-7-10-18(21)19(16)24-12-11-20(3)4/h5-6,8-9,14,16,18-19H,7,10-13H2,1-4H3. The number of likely N-dealkylation sites (N-methyl/N-ethyl adjacent to an activating group) is 1. The zero-order chi connectivity index (χ0) is 18.2. The smallest absolute Gasteiger partial charge is 0.243 e. The zero-order valence-electron chi connectivity index (χ0n) is 15.7. The van der Waals surface area contributed by atoms with Gasteiger partial charge in [-0.3, -0.25) is 0 Å². The van der Waals surface area contributed by atoms with Crippen LogP contribution in [0.2, 0.25) is 0 Å². The van der Waals surface area contributed by atoms with E-state index in [4.69, 9.17) is 4.74 Å². The molecule has 3 atom stereocenters. The second-order valence-corrected chi connectivity index (χ2v) is 9.73. The van der Waals surface area contributed by atoms with Crippen molar-refractivity contribution in [3.05, 3.63) is 29.8 Å². The molecule has 2 bridgehead atoms. The van der Waals surface area contributed by atoms with E-state index < -0.39 is 10.0 Å². The molecule has 0 spiro atoms. The van der Waals surface area contributed by atoms with Crippen LogP contribution >= 0.6 is 0 Å². The van der Waals surface area contributed by atoms with Gasteiger partial charge < -0.3 is 9.64 Å². The van der Waals surface area contributed by atoms with E-state index in [-0.39, 0.29) is 12.1 Å². The molecule has 1 aromatic carbocycles. The minimum Gasteiger partial charge on any atom is -0.375 e. The van der Waals surface area contributed by atoms with Crippen LogP contribution in [0.3, 0.4) is 0 Å². The topological polar surface area (TPSA) is 49.9 Å². The Hall–Kier alpha value is -0.950. The SMILES string of the molecule is CC(C)c1ccc(S(=O)(=O)N2CC3CCC2C3OCCN(C)C)cc1. The summed E-state index contributed by atoms with van der Waals surface area (Å²) in [5, 5.41) is 0. The summed E-state index contributed by atoms with van der Waals surface area (Å²) in [4.78, 5) is 2.48. The number of fused-ring (bicyclic) bond motifs is 2. The fourth-order valence-electron chi connectivity index (χ4n) is 3.95. The minimum absolute atomic E-state index is 0.0121. The Morgan fingerprint density at radius 3 is 2.48 bits per heavy atom. The third-order valence-corrected chi connectivity index (χ3v) is 7.37. The maximum atomic E-state index is 13.1. The van der Waals surface area contributed by atoms with Crippen LogP contribution in [-0.4, -0.2) is 63.6 Å². The summed E-state index contributed by atoms with van der Waals surface area (Å²) in [7, 11) is 0.593.